The smallest absolute Gasteiger partial charge is 0 e. The third-order valence-electron chi connectivity index (χ3n) is 0.0680. The molecule has 0 aliphatic carbocycles. The maximum atomic E-state index is 3.50. The van der Waals surface area contributed by atoms with E-state index in [1.54, 1.807) is 0 Å². The molecule has 1 radical (unpaired) electrons. The van der Waals surface area contributed by atoms with Gasteiger partial charge in [-0.3, -0.25) is 0 Å². The fourth-order valence-corrected chi connectivity index (χ4v) is 0. The minimum Gasteiger partial charge on any atom is 0 e. The molecule has 1 rings (SSSR count). The minimum atomic E-state index is 0. The van der Waals surface area contributed by atoms with E-state index in [-0.39, 0.29) is 17.1 Å². The van der Waals surface area contributed by atoms with Crippen molar-refractivity contribution in [2.24, 2.45) is 0 Å². The van der Waals surface area contributed by atoms with Gasteiger partial charge < -0.3 is 0 Å². The Labute approximate surface area is 32.2 Å². The Morgan fingerprint density at radius 1 is 0.750 bits per heavy atom. The van der Waals surface area contributed by atoms with Crippen LogP contribution in [0.3, 0.4) is 0 Å². The van der Waals surface area contributed by atoms with Crippen LogP contribution in [0.1, 0.15) is 0 Å². The summed E-state index contributed by atoms with van der Waals surface area (Å²) < 4.78 is 10.5. The van der Waals surface area contributed by atoms with Crippen molar-refractivity contribution in [3.8, 4) is 0 Å². The zero-order valence-corrected chi connectivity index (χ0v) is 2.47. The number of hydrogen-bond donors (Lipinski definition) is 0. The van der Waals surface area contributed by atoms with Crippen LogP contribution >= 0.6 is 0 Å². The maximum absolute atomic E-state index is 3.50. The summed E-state index contributed by atoms with van der Waals surface area (Å²) in [6.45, 7) is 0. The molecule has 1 aromatic rings. The van der Waals surface area contributed by atoms with Crippen LogP contribution < -0.4 is 0 Å². The number of hydrogen-bond acceptors (Lipinski definition) is 3. The predicted molar refractivity (Wildman–Crippen MR) is 3.24 cm³/mol. The van der Waals surface area contributed by atoms with Crippen molar-refractivity contribution in [2.45, 2.75) is 0 Å². The topological polar surface area (TPSA) is 39.4 Å². The van der Waals surface area contributed by atoms with Crippen LogP contribution in [0.5, 0.6) is 0 Å². The zero-order valence-electron chi connectivity index (χ0n) is 1.53. The van der Waals surface area contributed by atoms with Gasteiger partial charge in [-0.2, -0.15) is 0 Å². The summed E-state index contributed by atoms with van der Waals surface area (Å²) in [5.74, 6) is 0. The van der Waals surface area contributed by atoms with Gasteiger partial charge in [-0.05, 0) is 0 Å². The molecule has 0 N–H and O–H groups in total. The summed E-state index contributed by atoms with van der Waals surface area (Å²) in [6.07, 6.45) is 0. The molecule has 1 aromatic heterocycles. The van der Waals surface area contributed by atoms with E-state index in [4.69, 9.17) is 0 Å². The van der Waals surface area contributed by atoms with E-state index in [0.717, 1.165) is 0 Å². The first kappa shape index (κ1) is 3.92. The van der Waals surface area contributed by atoms with E-state index >= 15 is 0 Å². The van der Waals surface area contributed by atoms with Crippen LogP contribution in [0, 0.1) is 0 Å². The van der Waals surface area contributed by atoms with E-state index in [2.05, 4.69) is 14.2 Å². The quantitative estimate of drug-likeness (QED) is 0.361. The molecule has 1 heterocycles. The van der Waals surface area contributed by atoms with E-state index < -0.39 is 0 Å². The van der Waals surface area contributed by atoms with Gasteiger partial charge in [0.15, 0.2) is 0 Å². The second-order valence-corrected chi connectivity index (χ2v) is 0.204. The van der Waals surface area contributed by atoms with Gasteiger partial charge in [0.1, 0.15) is 0 Å². The van der Waals surface area contributed by atoms with Crippen LogP contribution in [0.2, 0.25) is 0 Å². The van der Waals surface area contributed by atoms with Crippen molar-refractivity contribution in [2.75, 3.05) is 0 Å². The third-order valence-corrected chi connectivity index (χ3v) is 0.0680. The van der Waals surface area contributed by atoms with Crippen LogP contribution in [0.4, 0.5) is 0 Å². The molecule has 0 amide bonds. The van der Waals surface area contributed by atoms with Crippen molar-refractivity contribution >= 4 is 0 Å². The van der Waals surface area contributed by atoms with Gasteiger partial charge in [0.05, 0.1) is 0 Å². The Kier molecular flexibility index (Phi) is 1.24. The van der Waals surface area contributed by atoms with Crippen molar-refractivity contribution in [1.82, 2.24) is 0 Å². The molecule has 4 heavy (non-hydrogen) atoms. The maximum Gasteiger partial charge on any atom is 0 e. The molecule has 29 valence electrons. The Morgan fingerprint density at radius 2 is 1.00 bits per heavy atom. The van der Waals surface area contributed by atoms with Gasteiger partial charge in [0.25, 0.3) is 0 Å². The van der Waals surface area contributed by atoms with Gasteiger partial charge in [-0.15, -0.1) is 0 Å². The van der Waals surface area contributed by atoms with Crippen molar-refractivity contribution in [1.29, 1.82) is 0 Å². The van der Waals surface area contributed by atoms with Crippen molar-refractivity contribution in [3.63, 3.8) is 0 Å². The van der Waals surface area contributed by atoms with E-state index in [1.807, 2.05) is 0 Å². The molecule has 3 nitrogen and oxygen atoms in total. The van der Waals surface area contributed by atoms with Crippen molar-refractivity contribution in [3.05, 3.63) is 0 Å². The van der Waals surface area contributed by atoms with Crippen LogP contribution in [-0.4, -0.2) is 0 Å². The monoisotopic (exact) mass is 111 g/mol. The summed E-state index contributed by atoms with van der Waals surface area (Å²) in [5, 5.41) is 0. The van der Waals surface area contributed by atoms with Crippen LogP contribution in [0.25, 0.3) is 0 Å². The molecule has 0 unspecified atom stereocenters. The third kappa shape index (κ3) is 1.92. The molecular formula is CuO3. The van der Waals surface area contributed by atoms with Gasteiger partial charge in [-0.25, -0.2) is 0 Å². The second-order valence-electron chi connectivity index (χ2n) is 0.204. The fourth-order valence-electron chi connectivity index (χ4n) is 0. The zero-order chi connectivity index (χ0) is 2.12. The van der Waals surface area contributed by atoms with Crippen LogP contribution in [0.15, 0.2) is 14.2 Å². The van der Waals surface area contributed by atoms with E-state index in [1.165, 1.54) is 0 Å². The average molecular weight is 112 g/mol. The predicted octanol–water partition coefficient (Wildman–Crippen LogP) is 0.463. The average Bonchev–Trinajstić information content (AvgIpc) is 1.46. The molecule has 0 saturated heterocycles. The van der Waals surface area contributed by atoms with E-state index in [0.29, 0.717) is 0 Å². The Hall–Kier alpha value is -0.0805. The summed E-state index contributed by atoms with van der Waals surface area (Å²) in [5.41, 5.74) is 0. The molecule has 0 aliphatic heterocycles. The van der Waals surface area contributed by atoms with Gasteiger partial charge in [0, 0.05) is 31.3 Å². The standard InChI is InChI=1S/Cu.O3/c;1-2-3-1. The first-order chi connectivity index (χ1) is 1.50. The molecule has 4 heteroatoms. The molecular weight excluding hydrogens is 112 g/mol. The Bertz CT molecular complexity index is 31.4. The second kappa shape index (κ2) is 1.26. The first-order valence-corrected chi connectivity index (χ1v) is 0.500. The molecule has 0 fully saturated rings. The van der Waals surface area contributed by atoms with Gasteiger partial charge >= 0.3 is 0 Å². The normalized spacial score (nSPS) is 6.00. The Balaban J connectivity index is 0.0000000900. The number of rotatable bonds is 0. The molecule has 0 spiro atoms. The minimum absolute atomic E-state index is 0. The van der Waals surface area contributed by atoms with Gasteiger partial charge in [-0.1, -0.05) is 0 Å². The van der Waals surface area contributed by atoms with Crippen LogP contribution in [-0.2, 0) is 17.1 Å². The largest absolute Gasteiger partial charge is 0 e. The SMILES string of the molecule is [Cu].o1oo1. The van der Waals surface area contributed by atoms with E-state index in [9.17, 15) is 0 Å². The molecule has 0 saturated carbocycles. The summed E-state index contributed by atoms with van der Waals surface area (Å²) in [4.78, 5) is 0. The Morgan fingerprint density at radius 3 is 1.00 bits per heavy atom. The fraction of sp³-hybridized carbons (Fsp3) is 0. The summed E-state index contributed by atoms with van der Waals surface area (Å²) in [6, 6.07) is 0. The first-order valence-electron chi connectivity index (χ1n) is 0.500. The molecule has 0 bridgehead atoms. The molecule has 0 aliphatic rings. The summed E-state index contributed by atoms with van der Waals surface area (Å²) >= 11 is 0. The van der Waals surface area contributed by atoms with Gasteiger partial charge in [0.2, 0.25) is 0 Å². The molecule has 0 aromatic carbocycles. The van der Waals surface area contributed by atoms with Crippen molar-refractivity contribution < 1.29 is 31.3 Å². The summed E-state index contributed by atoms with van der Waals surface area (Å²) in [7, 11) is 0. The molecule has 0 atom stereocenters.